The minimum absolute atomic E-state index is 0.182. The summed E-state index contributed by atoms with van der Waals surface area (Å²) in [5.74, 6) is 0. The maximum Gasteiger partial charge on any atom is 0.275 e. The van der Waals surface area contributed by atoms with Crippen molar-refractivity contribution in [3.63, 3.8) is 0 Å². The molecule has 0 atom stereocenters. The second kappa shape index (κ2) is 6.01. The summed E-state index contributed by atoms with van der Waals surface area (Å²) < 4.78 is 0.743. The molecule has 19 heavy (non-hydrogen) atoms. The lowest BCUT2D eigenvalue weighted by atomic mass is 9.67. The van der Waals surface area contributed by atoms with Crippen LogP contribution in [0.15, 0.2) is 22.7 Å². The molecule has 0 amide bonds. The molecule has 1 aromatic rings. The fourth-order valence-corrected chi connectivity index (χ4v) is 3.00. The summed E-state index contributed by atoms with van der Waals surface area (Å²) in [6.07, 6.45) is 5.05. The van der Waals surface area contributed by atoms with Gasteiger partial charge in [-0.2, -0.15) is 0 Å². The van der Waals surface area contributed by atoms with Gasteiger partial charge >= 0.3 is 0 Å². The fraction of sp³-hybridized carbons (Fsp3) is 0.571. The van der Waals surface area contributed by atoms with Crippen LogP contribution in [-0.4, -0.2) is 11.5 Å². The van der Waals surface area contributed by atoms with E-state index in [4.69, 9.17) is 0 Å². The van der Waals surface area contributed by atoms with E-state index in [1.165, 1.54) is 25.7 Å². The molecule has 4 nitrogen and oxygen atoms in total. The van der Waals surface area contributed by atoms with Crippen molar-refractivity contribution in [2.45, 2.75) is 39.2 Å². The van der Waals surface area contributed by atoms with Crippen molar-refractivity contribution in [2.75, 3.05) is 6.54 Å². The third kappa shape index (κ3) is 3.34. The standard InChI is InChI=1S/C14H19BrN2O2/c1-2-14(6-3-7-14)10-16-9-11-4-5-12(15)8-13(11)17(18)19/h4-5,8,16H,2-3,6-7,9-10H2,1H3. The summed E-state index contributed by atoms with van der Waals surface area (Å²) >= 11 is 3.27. The van der Waals surface area contributed by atoms with Crippen molar-refractivity contribution in [2.24, 2.45) is 5.41 Å². The first-order valence-electron chi connectivity index (χ1n) is 6.70. The Hall–Kier alpha value is -0.940. The summed E-state index contributed by atoms with van der Waals surface area (Å²) in [5, 5.41) is 14.4. The molecule has 104 valence electrons. The van der Waals surface area contributed by atoms with Crippen LogP contribution < -0.4 is 5.32 Å². The van der Waals surface area contributed by atoms with E-state index in [9.17, 15) is 10.1 Å². The molecule has 1 N–H and O–H groups in total. The molecule has 0 aliphatic heterocycles. The van der Waals surface area contributed by atoms with Gasteiger partial charge in [0.25, 0.3) is 5.69 Å². The molecule has 5 heteroatoms. The highest BCUT2D eigenvalue weighted by Crippen LogP contribution is 2.43. The Balaban J connectivity index is 1.97. The van der Waals surface area contributed by atoms with Crippen LogP contribution in [0.2, 0.25) is 0 Å². The monoisotopic (exact) mass is 326 g/mol. The molecule has 0 bridgehead atoms. The van der Waals surface area contributed by atoms with E-state index in [1.807, 2.05) is 12.1 Å². The number of nitrogens with zero attached hydrogens (tertiary/aromatic N) is 1. The lowest BCUT2D eigenvalue weighted by Crippen LogP contribution is -2.39. The van der Waals surface area contributed by atoms with E-state index in [0.29, 0.717) is 12.0 Å². The molecule has 1 aliphatic rings. The minimum atomic E-state index is -0.319. The molecule has 0 heterocycles. The van der Waals surface area contributed by atoms with Crippen molar-refractivity contribution in [3.8, 4) is 0 Å². The van der Waals surface area contributed by atoms with Crippen molar-refractivity contribution >= 4 is 21.6 Å². The Kier molecular flexibility index (Phi) is 4.58. The number of benzene rings is 1. The van der Waals surface area contributed by atoms with E-state index in [-0.39, 0.29) is 10.6 Å². The number of hydrogen-bond donors (Lipinski definition) is 1. The van der Waals surface area contributed by atoms with Gasteiger partial charge in [-0.05, 0) is 36.8 Å². The number of nitro groups is 1. The Morgan fingerprint density at radius 3 is 2.74 bits per heavy atom. The lowest BCUT2D eigenvalue weighted by molar-refractivity contribution is -0.385. The van der Waals surface area contributed by atoms with Crippen molar-refractivity contribution in [1.82, 2.24) is 5.32 Å². The zero-order valence-corrected chi connectivity index (χ0v) is 12.7. The van der Waals surface area contributed by atoms with Gasteiger partial charge in [0.05, 0.1) is 4.92 Å². The number of hydrogen-bond acceptors (Lipinski definition) is 3. The van der Waals surface area contributed by atoms with Crippen LogP contribution in [0.4, 0.5) is 5.69 Å². The van der Waals surface area contributed by atoms with E-state index < -0.39 is 0 Å². The summed E-state index contributed by atoms with van der Waals surface area (Å²) in [4.78, 5) is 10.7. The maximum atomic E-state index is 11.0. The van der Waals surface area contributed by atoms with Crippen molar-refractivity contribution in [3.05, 3.63) is 38.3 Å². The zero-order valence-electron chi connectivity index (χ0n) is 11.1. The van der Waals surface area contributed by atoms with Gasteiger partial charge in [0, 0.05) is 29.2 Å². The highest BCUT2D eigenvalue weighted by Gasteiger charge is 2.34. The Morgan fingerprint density at radius 2 is 2.21 bits per heavy atom. The molecule has 0 unspecified atom stereocenters. The highest BCUT2D eigenvalue weighted by atomic mass is 79.9. The first kappa shape index (κ1) is 14.5. The predicted molar refractivity (Wildman–Crippen MR) is 79.1 cm³/mol. The molecule has 0 saturated heterocycles. The quantitative estimate of drug-likeness (QED) is 0.634. The van der Waals surface area contributed by atoms with Crippen LogP contribution in [0.3, 0.4) is 0 Å². The van der Waals surface area contributed by atoms with Gasteiger partial charge in [-0.3, -0.25) is 10.1 Å². The predicted octanol–water partition coefficient (Wildman–Crippen LogP) is 4.03. The van der Waals surface area contributed by atoms with Crippen molar-refractivity contribution < 1.29 is 4.92 Å². The van der Waals surface area contributed by atoms with Gasteiger partial charge in [0.1, 0.15) is 0 Å². The van der Waals surface area contributed by atoms with E-state index in [0.717, 1.165) is 16.6 Å². The molecule has 0 aromatic heterocycles. The van der Waals surface area contributed by atoms with E-state index in [2.05, 4.69) is 28.2 Å². The largest absolute Gasteiger partial charge is 0.312 e. The van der Waals surface area contributed by atoms with Crippen LogP contribution in [0.5, 0.6) is 0 Å². The second-order valence-corrected chi connectivity index (χ2v) is 6.26. The molecule has 1 aromatic carbocycles. The molecule has 0 radical (unpaired) electrons. The van der Waals surface area contributed by atoms with Crippen molar-refractivity contribution in [1.29, 1.82) is 0 Å². The molecule has 1 saturated carbocycles. The minimum Gasteiger partial charge on any atom is -0.312 e. The Morgan fingerprint density at radius 1 is 1.47 bits per heavy atom. The number of nitro benzene ring substituents is 1. The SMILES string of the molecule is CCC1(CNCc2ccc(Br)cc2[N+](=O)[O-])CCC1. The summed E-state index contributed by atoms with van der Waals surface area (Å²) in [6, 6.07) is 5.23. The summed E-state index contributed by atoms with van der Waals surface area (Å²) in [6.45, 7) is 3.74. The van der Waals surface area contributed by atoms with Gasteiger partial charge < -0.3 is 5.32 Å². The Labute approximate surface area is 121 Å². The first-order valence-corrected chi connectivity index (χ1v) is 7.49. The van der Waals surface area contributed by atoms with Crippen LogP contribution in [0, 0.1) is 15.5 Å². The average molecular weight is 327 g/mol. The van der Waals surface area contributed by atoms with Crippen LogP contribution >= 0.6 is 15.9 Å². The molecular weight excluding hydrogens is 308 g/mol. The first-order chi connectivity index (χ1) is 9.06. The third-order valence-corrected chi connectivity index (χ3v) is 4.72. The van der Waals surface area contributed by atoms with Crippen LogP contribution in [-0.2, 0) is 6.54 Å². The Bertz CT molecular complexity index is 467. The van der Waals surface area contributed by atoms with Gasteiger partial charge in [0.2, 0.25) is 0 Å². The maximum absolute atomic E-state index is 11.0. The fourth-order valence-electron chi connectivity index (χ4n) is 2.65. The second-order valence-electron chi connectivity index (χ2n) is 5.34. The van der Waals surface area contributed by atoms with Gasteiger partial charge in [-0.25, -0.2) is 0 Å². The van der Waals surface area contributed by atoms with Gasteiger partial charge in [0.15, 0.2) is 0 Å². The molecule has 1 aliphatic carbocycles. The smallest absolute Gasteiger partial charge is 0.275 e. The number of nitrogens with one attached hydrogen (secondary N) is 1. The third-order valence-electron chi connectivity index (χ3n) is 4.22. The number of rotatable bonds is 6. The summed E-state index contributed by atoms with van der Waals surface area (Å²) in [5.41, 5.74) is 1.37. The normalized spacial score (nSPS) is 16.9. The lowest BCUT2D eigenvalue weighted by Gasteiger charge is -2.41. The highest BCUT2D eigenvalue weighted by molar-refractivity contribution is 9.10. The topological polar surface area (TPSA) is 55.2 Å². The molecule has 0 spiro atoms. The molecule has 1 fully saturated rings. The van der Waals surface area contributed by atoms with Crippen LogP contribution in [0.1, 0.15) is 38.2 Å². The molecular formula is C14H19BrN2O2. The van der Waals surface area contributed by atoms with Crippen LogP contribution in [0.25, 0.3) is 0 Å². The number of halogens is 1. The van der Waals surface area contributed by atoms with Gasteiger partial charge in [-0.1, -0.05) is 29.3 Å². The molecule has 2 rings (SSSR count). The summed E-state index contributed by atoms with van der Waals surface area (Å²) in [7, 11) is 0. The average Bonchev–Trinajstić information content (AvgIpc) is 2.34. The van der Waals surface area contributed by atoms with E-state index >= 15 is 0 Å². The van der Waals surface area contributed by atoms with Gasteiger partial charge in [-0.15, -0.1) is 0 Å². The zero-order chi connectivity index (χ0) is 13.9. The van der Waals surface area contributed by atoms with E-state index in [1.54, 1.807) is 6.07 Å².